The van der Waals surface area contributed by atoms with Crippen LogP contribution in [0.5, 0.6) is 5.75 Å². The van der Waals surface area contributed by atoms with E-state index in [1.807, 2.05) is 13.0 Å². The third-order valence-corrected chi connectivity index (χ3v) is 8.15. The molecule has 0 spiro atoms. The van der Waals surface area contributed by atoms with E-state index < -0.39 is 52.0 Å². The maximum Gasteiger partial charge on any atom is 0.255 e. The Morgan fingerprint density at radius 2 is 1.92 bits per heavy atom. The number of aryl methyl sites for hydroxylation is 1. The highest BCUT2D eigenvalue weighted by atomic mass is 16.3. The van der Waals surface area contributed by atoms with Crippen LogP contribution in [0.25, 0.3) is 0 Å². The monoisotopic (exact) mass is 494 g/mol. The highest BCUT2D eigenvalue weighted by Crippen LogP contribution is 2.52. The first kappa shape index (κ1) is 24.3. The molecule has 36 heavy (non-hydrogen) atoms. The molecule has 1 aliphatic heterocycles. The molecular formula is C27H30N2O7. The lowest BCUT2D eigenvalue weighted by molar-refractivity contribution is -0.144. The Labute approximate surface area is 208 Å². The number of carbonyl (C=O) groups is 3. The number of phenolic OH excluding ortho intramolecular Hbond substituents is 1. The molecule has 0 fully saturated rings. The maximum absolute atomic E-state index is 13.8. The number of fused-ring (bicyclic) bond motifs is 3. The molecule has 0 unspecified atom stereocenters. The van der Waals surface area contributed by atoms with Gasteiger partial charge in [-0.05, 0) is 42.7 Å². The van der Waals surface area contributed by atoms with E-state index in [4.69, 9.17) is 5.73 Å². The highest BCUT2D eigenvalue weighted by Gasteiger charge is 2.59. The molecule has 9 heteroatoms. The normalized spacial score (nSPS) is 28.2. The second-order valence-electron chi connectivity index (χ2n) is 10.2. The van der Waals surface area contributed by atoms with Gasteiger partial charge in [0.2, 0.25) is 5.78 Å². The summed E-state index contributed by atoms with van der Waals surface area (Å²) in [5.41, 5.74) is 4.14. The van der Waals surface area contributed by atoms with Crippen LogP contribution in [0, 0.1) is 11.8 Å². The molecule has 0 bridgehead atoms. The smallest absolute Gasteiger partial charge is 0.255 e. The molecule has 0 saturated heterocycles. The lowest BCUT2D eigenvalue weighted by Crippen LogP contribution is -2.57. The Morgan fingerprint density at radius 3 is 2.56 bits per heavy atom. The molecule has 4 aliphatic rings. The fraction of sp³-hybridized carbons (Fsp3) is 0.444. The van der Waals surface area contributed by atoms with Gasteiger partial charge in [0.05, 0.1) is 5.56 Å². The summed E-state index contributed by atoms with van der Waals surface area (Å²) in [5.74, 6) is -6.01. The van der Waals surface area contributed by atoms with Crippen molar-refractivity contribution in [3.63, 3.8) is 0 Å². The summed E-state index contributed by atoms with van der Waals surface area (Å²) in [7, 11) is 0. The van der Waals surface area contributed by atoms with Crippen LogP contribution in [0.1, 0.15) is 53.2 Å². The summed E-state index contributed by atoms with van der Waals surface area (Å²) in [6.07, 6.45) is 5.94. The topological polar surface area (TPSA) is 161 Å². The van der Waals surface area contributed by atoms with Crippen molar-refractivity contribution < 1.29 is 34.8 Å². The average molecular weight is 495 g/mol. The van der Waals surface area contributed by atoms with Crippen molar-refractivity contribution in [1.29, 1.82) is 0 Å². The van der Waals surface area contributed by atoms with Crippen LogP contribution in [0.2, 0.25) is 0 Å². The van der Waals surface area contributed by atoms with Gasteiger partial charge in [0.15, 0.2) is 11.4 Å². The number of ketones is 2. The van der Waals surface area contributed by atoms with Crippen LogP contribution in [-0.2, 0) is 29.0 Å². The van der Waals surface area contributed by atoms with Gasteiger partial charge in [-0.15, -0.1) is 0 Å². The molecule has 6 N–H and O–H groups in total. The second-order valence-corrected chi connectivity index (χ2v) is 10.2. The molecule has 0 saturated carbocycles. The zero-order chi connectivity index (χ0) is 25.9. The molecule has 1 aromatic rings. The number of aromatic hydroxyl groups is 1. The third kappa shape index (κ3) is 3.41. The van der Waals surface area contributed by atoms with E-state index in [1.54, 1.807) is 0 Å². The summed E-state index contributed by atoms with van der Waals surface area (Å²) in [6, 6.07) is 1.94. The van der Waals surface area contributed by atoms with Crippen LogP contribution in [-0.4, -0.2) is 61.5 Å². The van der Waals surface area contributed by atoms with E-state index in [0.29, 0.717) is 30.5 Å². The number of nitrogens with zero attached hydrogens (tertiary/aromatic N) is 1. The minimum absolute atomic E-state index is 0.0912. The third-order valence-electron chi connectivity index (χ3n) is 8.15. The van der Waals surface area contributed by atoms with Crippen molar-refractivity contribution in [3.05, 3.63) is 63.1 Å². The molecule has 190 valence electrons. The van der Waals surface area contributed by atoms with Gasteiger partial charge >= 0.3 is 0 Å². The van der Waals surface area contributed by atoms with Crippen molar-refractivity contribution in [2.75, 3.05) is 13.1 Å². The molecule has 5 rings (SSSR count). The Balaban J connectivity index is 1.62. The van der Waals surface area contributed by atoms with Gasteiger partial charge in [-0.25, -0.2) is 0 Å². The average Bonchev–Trinajstić information content (AvgIpc) is 2.83. The highest BCUT2D eigenvalue weighted by molar-refractivity contribution is 6.24. The quantitative estimate of drug-likeness (QED) is 0.313. The van der Waals surface area contributed by atoms with Gasteiger partial charge in [-0.1, -0.05) is 25.1 Å². The van der Waals surface area contributed by atoms with Gasteiger partial charge in [-0.3, -0.25) is 19.3 Å². The molecule has 0 radical (unpaired) electrons. The number of hydrogen-bond acceptors (Lipinski definition) is 8. The molecular weight excluding hydrogens is 464 g/mol. The summed E-state index contributed by atoms with van der Waals surface area (Å²) < 4.78 is 0. The number of primary amides is 1. The zero-order valence-corrected chi connectivity index (χ0v) is 20.1. The molecule has 1 heterocycles. The van der Waals surface area contributed by atoms with Gasteiger partial charge < -0.3 is 26.2 Å². The fourth-order valence-corrected chi connectivity index (χ4v) is 6.34. The van der Waals surface area contributed by atoms with Gasteiger partial charge in [-0.2, -0.15) is 0 Å². The predicted octanol–water partition coefficient (Wildman–Crippen LogP) is 1.90. The summed E-state index contributed by atoms with van der Waals surface area (Å²) in [4.78, 5) is 40.8. The predicted molar refractivity (Wildman–Crippen MR) is 129 cm³/mol. The number of aliphatic hydroxyl groups excluding tert-OH is 2. The largest absolute Gasteiger partial charge is 0.511 e. The van der Waals surface area contributed by atoms with Crippen LogP contribution < -0.4 is 5.73 Å². The molecule has 1 aromatic carbocycles. The van der Waals surface area contributed by atoms with Gasteiger partial charge in [0.25, 0.3) is 5.91 Å². The van der Waals surface area contributed by atoms with Crippen molar-refractivity contribution in [2.24, 2.45) is 17.6 Å². The molecule has 3 aliphatic carbocycles. The SMILES string of the molecule is CCc1cc(CN2CC=CCC2)c(O)c2c1C[C@H]1C[C@H]3CC(O)=C(C(N)=O)C(=O)[C@@]3(O)C(O)=C1C2=O. The maximum atomic E-state index is 13.8. The number of phenols is 1. The molecule has 3 atom stereocenters. The number of Topliss-reactive ketones (excluding diaryl/α,β-unsaturated/α-hetero) is 2. The molecule has 9 nitrogen and oxygen atoms in total. The second kappa shape index (κ2) is 8.60. The number of amides is 1. The number of carbonyl (C=O) groups excluding carboxylic acids is 3. The Bertz CT molecular complexity index is 1290. The number of hydrogen-bond donors (Lipinski definition) is 5. The van der Waals surface area contributed by atoms with E-state index in [-0.39, 0.29) is 29.7 Å². The van der Waals surface area contributed by atoms with Crippen LogP contribution in [0.15, 0.2) is 40.9 Å². The Kier molecular flexibility index (Phi) is 5.80. The van der Waals surface area contributed by atoms with Crippen molar-refractivity contribution in [1.82, 2.24) is 4.90 Å². The first-order valence-corrected chi connectivity index (χ1v) is 12.3. The minimum Gasteiger partial charge on any atom is -0.511 e. The standard InChI is InChI=1S/C27H30N2O7/c1-2-13-8-15(12-29-6-4-3-5-7-29)22(31)20-17(13)10-14-9-16-11-18(30)21(26(28)35)25(34)27(16,36)24(33)19(14)23(20)32/h3-4,8,14,16,30-31,33,36H,2,5-7,9-12H2,1H3,(H2,28,35)/t14-,16+,27+/m1/s1. The molecule has 0 aromatic heterocycles. The lowest BCUT2D eigenvalue weighted by Gasteiger charge is -2.45. The van der Waals surface area contributed by atoms with Crippen LogP contribution in [0.3, 0.4) is 0 Å². The van der Waals surface area contributed by atoms with Gasteiger partial charge in [0.1, 0.15) is 22.8 Å². The Morgan fingerprint density at radius 1 is 1.17 bits per heavy atom. The van der Waals surface area contributed by atoms with E-state index in [1.165, 1.54) is 0 Å². The number of allylic oxidation sites excluding steroid dienone is 2. The van der Waals surface area contributed by atoms with Crippen LogP contribution >= 0.6 is 0 Å². The van der Waals surface area contributed by atoms with Crippen LogP contribution in [0.4, 0.5) is 0 Å². The minimum atomic E-state index is -2.55. The first-order chi connectivity index (χ1) is 17.1. The van der Waals surface area contributed by atoms with E-state index >= 15 is 0 Å². The lowest BCUT2D eigenvalue weighted by atomic mass is 9.60. The zero-order valence-electron chi connectivity index (χ0n) is 20.1. The van der Waals surface area contributed by atoms with E-state index in [9.17, 15) is 34.8 Å². The van der Waals surface area contributed by atoms with Crippen molar-refractivity contribution >= 4 is 17.5 Å². The van der Waals surface area contributed by atoms with E-state index in [2.05, 4.69) is 17.1 Å². The number of rotatable bonds is 4. The van der Waals surface area contributed by atoms with Gasteiger partial charge in [0, 0.05) is 43.1 Å². The van der Waals surface area contributed by atoms with Crippen molar-refractivity contribution in [2.45, 2.75) is 51.2 Å². The van der Waals surface area contributed by atoms with Crippen molar-refractivity contribution in [3.8, 4) is 5.75 Å². The fourth-order valence-electron chi connectivity index (χ4n) is 6.34. The summed E-state index contributed by atoms with van der Waals surface area (Å²) >= 11 is 0. The Hall–Kier alpha value is -3.43. The molecule has 1 amide bonds. The number of benzene rings is 1. The number of aliphatic hydroxyl groups is 3. The summed E-state index contributed by atoms with van der Waals surface area (Å²) in [5, 5.41) is 44.1. The number of nitrogens with two attached hydrogens (primary N) is 1. The first-order valence-electron chi connectivity index (χ1n) is 12.3. The van der Waals surface area contributed by atoms with E-state index in [0.717, 1.165) is 25.1 Å². The summed E-state index contributed by atoms with van der Waals surface area (Å²) in [6.45, 7) is 3.99.